The number of rotatable bonds is 8. The average Bonchev–Trinajstić information content (AvgIpc) is 2.47. The van der Waals surface area contributed by atoms with Crippen molar-refractivity contribution in [2.75, 3.05) is 6.54 Å². The van der Waals surface area contributed by atoms with Crippen LogP contribution in [-0.2, 0) is 16.0 Å². The largest absolute Gasteiger partial charge is 0.354 e. The van der Waals surface area contributed by atoms with Crippen molar-refractivity contribution in [3.05, 3.63) is 48.6 Å². The van der Waals surface area contributed by atoms with Crippen molar-refractivity contribution in [2.45, 2.75) is 38.6 Å². The minimum Gasteiger partial charge on any atom is -0.354 e. The second-order valence-corrected chi connectivity index (χ2v) is 5.52. The summed E-state index contributed by atoms with van der Waals surface area (Å²) in [6.07, 6.45) is 4.10. The predicted molar refractivity (Wildman–Crippen MR) is 84.8 cm³/mol. The van der Waals surface area contributed by atoms with Crippen molar-refractivity contribution in [2.24, 2.45) is 0 Å². The van der Waals surface area contributed by atoms with E-state index in [9.17, 15) is 9.59 Å². The van der Waals surface area contributed by atoms with Crippen molar-refractivity contribution < 1.29 is 9.59 Å². The SMILES string of the molecule is C=CC(=O)NC(C)(C)C(=O)NCCCCc1ccccc1. The molecule has 114 valence electrons. The van der Waals surface area contributed by atoms with Crippen molar-refractivity contribution in [1.82, 2.24) is 10.6 Å². The maximum atomic E-state index is 12.0. The lowest BCUT2D eigenvalue weighted by atomic mass is 10.0. The van der Waals surface area contributed by atoms with Crippen molar-refractivity contribution in [3.8, 4) is 0 Å². The summed E-state index contributed by atoms with van der Waals surface area (Å²) in [7, 11) is 0. The van der Waals surface area contributed by atoms with Gasteiger partial charge >= 0.3 is 0 Å². The first-order chi connectivity index (χ1) is 9.95. The Morgan fingerprint density at radius 3 is 2.48 bits per heavy atom. The molecule has 0 bridgehead atoms. The fraction of sp³-hybridized carbons (Fsp3) is 0.412. The molecule has 2 amide bonds. The molecule has 0 unspecified atom stereocenters. The molecule has 1 aromatic carbocycles. The smallest absolute Gasteiger partial charge is 0.245 e. The summed E-state index contributed by atoms with van der Waals surface area (Å²) in [5.41, 5.74) is 0.382. The van der Waals surface area contributed by atoms with Gasteiger partial charge in [-0.05, 0) is 44.7 Å². The molecule has 0 heterocycles. The highest BCUT2D eigenvalue weighted by molar-refractivity contribution is 5.94. The number of benzene rings is 1. The minimum absolute atomic E-state index is 0.183. The molecule has 4 heteroatoms. The zero-order valence-electron chi connectivity index (χ0n) is 12.8. The van der Waals surface area contributed by atoms with E-state index in [4.69, 9.17) is 0 Å². The Balaban J connectivity index is 2.24. The molecule has 0 aliphatic heterocycles. The van der Waals surface area contributed by atoms with E-state index in [0.29, 0.717) is 6.54 Å². The van der Waals surface area contributed by atoms with Gasteiger partial charge in [0.2, 0.25) is 11.8 Å². The van der Waals surface area contributed by atoms with E-state index < -0.39 is 5.54 Å². The summed E-state index contributed by atoms with van der Waals surface area (Å²) in [5, 5.41) is 5.45. The topological polar surface area (TPSA) is 58.2 Å². The van der Waals surface area contributed by atoms with Crippen LogP contribution >= 0.6 is 0 Å². The number of carbonyl (C=O) groups is 2. The van der Waals surface area contributed by atoms with E-state index in [1.54, 1.807) is 13.8 Å². The maximum absolute atomic E-state index is 12.0. The molecule has 21 heavy (non-hydrogen) atoms. The first-order valence-corrected chi connectivity index (χ1v) is 7.22. The highest BCUT2D eigenvalue weighted by Crippen LogP contribution is 2.05. The molecule has 0 saturated heterocycles. The maximum Gasteiger partial charge on any atom is 0.245 e. The summed E-state index contributed by atoms with van der Waals surface area (Å²) in [4.78, 5) is 23.2. The third-order valence-corrected chi connectivity index (χ3v) is 3.21. The van der Waals surface area contributed by atoms with Crippen molar-refractivity contribution in [3.63, 3.8) is 0 Å². The lowest BCUT2D eigenvalue weighted by molar-refractivity contribution is -0.130. The first kappa shape index (κ1) is 17.0. The van der Waals surface area contributed by atoms with Crippen LogP contribution in [0.25, 0.3) is 0 Å². The number of nitrogens with one attached hydrogen (secondary N) is 2. The normalized spacial score (nSPS) is 10.8. The van der Waals surface area contributed by atoms with Crippen LogP contribution in [0.5, 0.6) is 0 Å². The molecule has 0 fully saturated rings. The molecular weight excluding hydrogens is 264 g/mol. The van der Waals surface area contributed by atoms with Crippen LogP contribution in [0.3, 0.4) is 0 Å². The van der Waals surface area contributed by atoms with Gasteiger partial charge in [-0.1, -0.05) is 36.9 Å². The molecule has 0 spiro atoms. The van der Waals surface area contributed by atoms with Crippen LogP contribution in [0.15, 0.2) is 43.0 Å². The van der Waals surface area contributed by atoms with Gasteiger partial charge in [-0.25, -0.2) is 0 Å². The summed E-state index contributed by atoms with van der Waals surface area (Å²) in [6, 6.07) is 10.3. The minimum atomic E-state index is -0.926. The van der Waals surface area contributed by atoms with E-state index in [-0.39, 0.29) is 11.8 Å². The van der Waals surface area contributed by atoms with E-state index in [1.165, 1.54) is 5.56 Å². The molecule has 0 atom stereocenters. The van der Waals surface area contributed by atoms with E-state index in [0.717, 1.165) is 25.3 Å². The van der Waals surface area contributed by atoms with E-state index in [2.05, 4.69) is 29.3 Å². The summed E-state index contributed by atoms with van der Waals surface area (Å²) < 4.78 is 0. The molecule has 2 N–H and O–H groups in total. The highest BCUT2D eigenvalue weighted by Gasteiger charge is 2.28. The molecular formula is C17H24N2O2. The zero-order chi connectivity index (χ0) is 15.7. The van der Waals surface area contributed by atoms with Crippen LogP contribution in [0, 0.1) is 0 Å². The van der Waals surface area contributed by atoms with Gasteiger partial charge in [0.15, 0.2) is 0 Å². The summed E-state index contributed by atoms with van der Waals surface area (Å²) in [6.45, 7) is 7.33. The fourth-order valence-corrected chi connectivity index (χ4v) is 1.94. The van der Waals surface area contributed by atoms with Crippen LogP contribution in [0.1, 0.15) is 32.3 Å². The molecule has 0 aliphatic rings. The highest BCUT2D eigenvalue weighted by atomic mass is 16.2. The zero-order valence-corrected chi connectivity index (χ0v) is 12.8. The van der Waals surface area contributed by atoms with Crippen LogP contribution < -0.4 is 10.6 Å². The Bertz CT molecular complexity index is 481. The number of carbonyl (C=O) groups excluding carboxylic acids is 2. The Morgan fingerprint density at radius 1 is 1.19 bits per heavy atom. The second-order valence-electron chi connectivity index (χ2n) is 5.52. The third-order valence-electron chi connectivity index (χ3n) is 3.21. The Hall–Kier alpha value is -2.10. The number of unbranched alkanes of at least 4 members (excludes halogenated alkanes) is 1. The van der Waals surface area contributed by atoms with Crippen LogP contribution in [0.2, 0.25) is 0 Å². The third kappa shape index (κ3) is 6.25. The fourth-order valence-electron chi connectivity index (χ4n) is 1.94. The van der Waals surface area contributed by atoms with Crippen molar-refractivity contribution >= 4 is 11.8 Å². The van der Waals surface area contributed by atoms with Crippen molar-refractivity contribution in [1.29, 1.82) is 0 Å². The lowest BCUT2D eigenvalue weighted by Gasteiger charge is -2.24. The van der Waals surface area contributed by atoms with Gasteiger partial charge in [-0.3, -0.25) is 9.59 Å². The molecule has 0 radical (unpaired) electrons. The van der Waals surface area contributed by atoms with Crippen LogP contribution in [-0.4, -0.2) is 23.9 Å². The Kier molecular flexibility index (Phi) is 6.66. The van der Waals surface area contributed by atoms with Gasteiger partial charge in [-0.15, -0.1) is 0 Å². The monoisotopic (exact) mass is 288 g/mol. The van der Waals surface area contributed by atoms with Crippen LogP contribution in [0.4, 0.5) is 0 Å². The number of amides is 2. The number of hydrogen-bond acceptors (Lipinski definition) is 2. The summed E-state index contributed by atoms with van der Waals surface area (Å²) >= 11 is 0. The number of aryl methyl sites for hydroxylation is 1. The molecule has 0 saturated carbocycles. The summed E-state index contributed by atoms with van der Waals surface area (Å²) in [5.74, 6) is -0.531. The Morgan fingerprint density at radius 2 is 1.86 bits per heavy atom. The second kappa shape index (κ2) is 8.25. The van der Waals surface area contributed by atoms with E-state index >= 15 is 0 Å². The molecule has 0 aromatic heterocycles. The van der Waals surface area contributed by atoms with Gasteiger partial charge < -0.3 is 10.6 Å². The van der Waals surface area contributed by atoms with Gasteiger partial charge in [-0.2, -0.15) is 0 Å². The molecule has 0 aliphatic carbocycles. The number of hydrogen-bond donors (Lipinski definition) is 2. The average molecular weight is 288 g/mol. The Labute approximate surface area is 126 Å². The van der Waals surface area contributed by atoms with E-state index in [1.807, 2.05) is 18.2 Å². The standard InChI is InChI=1S/C17H24N2O2/c1-4-15(20)19-17(2,3)16(21)18-13-9-8-12-14-10-6-5-7-11-14/h4-7,10-11H,1,8-9,12-13H2,2-3H3,(H,18,21)(H,19,20). The van der Waals surface area contributed by atoms with Gasteiger partial charge in [0.05, 0.1) is 0 Å². The predicted octanol–water partition coefficient (Wildman–Crippen LogP) is 2.21. The first-order valence-electron chi connectivity index (χ1n) is 7.22. The lowest BCUT2D eigenvalue weighted by Crippen LogP contribution is -2.54. The van der Waals surface area contributed by atoms with Gasteiger partial charge in [0.1, 0.15) is 5.54 Å². The molecule has 4 nitrogen and oxygen atoms in total. The van der Waals surface area contributed by atoms with Gasteiger partial charge in [0, 0.05) is 6.54 Å². The quantitative estimate of drug-likeness (QED) is 0.569. The molecule has 1 rings (SSSR count). The van der Waals surface area contributed by atoms with Gasteiger partial charge in [0.25, 0.3) is 0 Å². The molecule has 1 aromatic rings.